The van der Waals surface area contributed by atoms with Gasteiger partial charge in [0.1, 0.15) is 0 Å². The van der Waals surface area contributed by atoms with Gasteiger partial charge in [0, 0.05) is 19.6 Å². The minimum Gasteiger partial charge on any atom is -0.481 e. The van der Waals surface area contributed by atoms with Gasteiger partial charge in [0.05, 0.1) is 16.2 Å². The van der Waals surface area contributed by atoms with Crippen molar-refractivity contribution in [1.29, 1.82) is 0 Å². The standard InChI is InChI=1S/C17H22N2O5S/c20-15(18-12-17(8-9-17)16(21)22)13-5-4-10-19(11-13)25(23,24)14-6-2-1-3-7-14/h1-3,6-7,13H,4-5,8-12H2,(H,18,20)(H,21,22). The fourth-order valence-electron chi connectivity index (χ4n) is 3.13. The highest BCUT2D eigenvalue weighted by molar-refractivity contribution is 7.89. The van der Waals surface area contributed by atoms with Crippen LogP contribution in [0, 0.1) is 11.3 Å². The summed E-state index contributed by atoms with van der Waals surface area (Å²) < 4.78 is 26.7. The van der Waals surface area contributed by atoms with Gasteiger partial charge < -0.3 is 10.4 Å². The summed E-state index contributed by atoms with van der Waals surface area (Å²) in [4.78, 5) is 23.8. The second kappa shape index (κ2) is 6.76. The third-order valence-electron chi connectivity index (χ3n) is 5.04. The van der Waals surface area contributed by atoms with Crippen molar-refractivity contribution in [1.82, 2.24) is 9.62 Å². The van der Waals surface area contributed by atoms with Crippen LogP contribution in [0.25, 0.3) is 0 Å². The minimum absolute atomic E-state index is 0.114. The summed E-state index contributed by atoms with van der Waals surface area (Å²) in [6, 6.07) is 8.18. The molecule has 25 heavy (non-hydrogen) atoms. The molecule has 3 rings (SSSR count). The lowest BCUT2D eigenvalue weighted by molar-refractivity contribution is -0.143. The first kappa shape index (κ1) is 17.9. The Bertz CT molecular complexity index is 759. The lowest BCUT2D eigenvalue weighted by atomic mass is 9.98. The average Bonchev–Trinajstić information content (AvgIpc) is 3.42. The Morgan fingerprint density at radius 2 is 1.92 bits per heavy atom. The van der Waals surface area contributed by atoms with Gasteiger partial charge in [0.15, 0.2) is 0 Å². The Hall–Kier alpha value is -1.93. The largest absolute Gasteiger partial charge is 0.481 e. The molecular formula is C17H22N2O5S. The fraction of sp³-hybridized carbons (Fsp3) is 0.529. The number of piperidine rings is 1. The minimum atomic E-state index is -3.61. The first-order chi connectivity index (χ1) is 11.8. The SMILES string of the molecule is O=C(NCC1(C(=O)O)CC1)C1CCCN(S(=O)(=O)c2ccccc2)C1. The third-order valence-corrected chi connectivity index (χ3v) is 6.92. The lowest BCUT2D eigenvalue weighted by Crippen LogP contribution is -2.46. The third kappa shape index (κ3) is 3.69. The van der Waals surface area contributed by atoms with Gasteiger partial charge >= 0.3 is 5.97 Å². The van der Waals surface area contributed by atoms with Crippen LogP contribution < -0.4 is 5.32 Å². The van der Waals surface area contributed by atoms with E-state index < -0.39 is 27.3 Å². The number of nitrogens with zero attached hydrogens (tertiary/aromatic N) is 1. The van der Waals surface area contributed by atoms with Crippen LogP contribution in [0.1, 0.15) is 25.7 Å². The number of hydrogen-bond acceptors (Lipinski definition) is 4. The van der Waals surface area contributed by atoms with Crippen molar-refractivity contribution >= 4 is 21.9 Å². The van der Waals surface area contributed by atoms with Gasteiger partial charge in [-0.25, -0.2) is 8.42 Å². The Morgan fingerprint density at radius 1 is 1.24 bits per heavy atom. The van der Waals surface area contributed by atoms with E-state index in [2.05, 4.69) is 5.32 Å². The molecule has 0 spiro atoms. The number of sulfonamides is 1. The first-order valence-electron chi connectivity index (χ1n) is 8.41. The molecule has 1 aromatic carbocycles. The van der Waals surface area contributed by atoms with Crippen LogP contribution in [0.5, 0.6) is 0 Å². The molecule has 1 saturated carbocycles. The summed E-state index contributed by atoms with van der Waals surface area (Å²) in [6.45, 7) is 0.631. The Kier molecular flexibility index (Phi) is 4.83. The van der Waals surface area contributed by atoms with Crippen LogP contribution in [0.4, 0.5) is 0 Å². The highest BCUT2D eigenvalue weighted by Gasteiger charge is 2.50. The molecule has 2 N–H and O–H groups in total. The highest BCUT2D eigenvalue weighted by Crippen LogP contribution is 2.45. The van der Waals surface area contributed by atoms with Crippen LogP contribution in [0.15, 0.2) is 35.2 Å². The van der Waals surface area contributed by atoms with Crippen LogP contribution in [0.2, 0.25) is 0 Å². The zero-order valence-electron chi connectivity index (χ0n) is 13.8. The predicted octanol–water partition coefficient (Wildman–Crippen LogP) is 1.07. The molecular weight excluding hydrogens is 344 g/mol. The summed E-state index contributed by atoms with van der Waals surface area (Å²) >= 11 is 0. The van der Waals surface area contributed by atoms with Gasteiger partial charge in [-0.1, -0.05) is 18.2 Å². The Labute approximate surface area is 147 Å². The number of amides is 1. The summed E-state index contributed by atoms with van der Waals surface area (Å²) in [6.07, 6.45) is 2.35. The molecule has 1 aliphatic heterocycles. The molecule has 136 valence electrons. The molecule has 8 heteroatoms. The number of carbonyl (C=O) groups excluding carboxylic acids is 1. The van der Waals surface area contributed by atoms with E-state index in [1.165, 1.54) is 4.31 Å². The molecule has 1 atom stereocenters. The van der Waals surface area contributed by atoms with Gasteiger partial charge in [0.25, 0.3) is 0 Å². The first-order valence-corrected chi connectivity index (χ1v) is 9.85. The molecule has 1 aromatic rings. The lowest BCUT2D eigenvalue weighted by Gasteiger charge is -2.31. The molecule has 2 fully saturated rings. The van der Waals surface area contributed by atoms with Gasteiger partial charge in [-0.3, -0.25) is 9.59 Å². The van der Waals surface area contributed by atoms with Crippen molar-refractivity contribution in [3.63, 3.8) is 0 Å². The molecule has 0 radical (unpaired) electrons. The summed E-state index contributed by atoms with van der Waals surface area (Å²) in [5.41, 5.74) is -0.819. The number of rotatable bonds is 6. The van der Waals surface area contributed by atoms with Gasteiger partial charge in [-0.05, 0) is 37.8 Å². The zero-order chi connectivity index (χ0) is 18.1. The predicted molar refractivity (Wildman–Crippen MR) is 90.2 cm³/mol. The molecule has 1 aliphatic carbocycles. The maximum Gasteiger partial charge on any atom is 0.311 e. The number of benzene rings is 1. The van der Waals surface area contributed by atoms with Gasteiger partial charge in [-0.15, -0.1) is 0 Å². The summed E-state index contributed by atoms with van der Waals surface area (Å²) in [7, 11) is -3.61. The van der Waals surface area contributed by atoms with E-state index in [9.17, 15) is 18.0 Å². The van der Waals surface area contributed by atoms with Crippen molar-refractivity contribution in [2.75, 3.05) is 19.6 Å². The smallest absolute Gasteiger partial charge is 0.311 e. The van der Waals surface area contributed by atoms with Crippen molar-refractivity contribution in [2.24, 2.45) is 11.3 Å². The van der Waals surface area contributed by atoms with Gasteiger partial charge in [0.2, 0.25) is 15.9 Å². The molecule has 1 saturated heterocycles. The van der Waals surface area contributed by atoms with E-state index in [0.717, 1.165) is 0 Å². The summed E-state index contributed by atoms with van der Waals surface area (Å²) in [5, 5.41) is 11.9. The number of aliphatic carboxylic acids is 1. The quantitative estimate of drug-likeness (QED) is 0.784. The maximum atomic E-state index is 12.7. The second-order valence-corrected chi connectivity index (χ2v) is 8.76. The molecule has 2 aliphatic rings. The average molecular weight is 366 g/mol. The Morgan fingerprint density at radius 3 is 2.52 bits per heavy atom. The van der Waals surface area contributed by atoms with Crippen LogP contribution >= 0.6 is 0 Å². The van der Waals surface area contributed by atoms with Crippen LogP contribution in [0.3, 0.4) is 0 Å². The molecule has 1 heterocycles. The van der Waals surface area contributed by atoms with Crippen molar-refractivity contribution in [3.05, 3.63) is 30.3 Å². The van der Waals surface area contributed by atoms with Crippen molar-refractivity contribution in [2.45, 2.75) is 30.6 Å². The molecule has 7 nitrogen and oxygen atoms in total. The normalized spacial score (nSPS) is 23.0. The van der Waals surface area contributed by atoms with E-state index >= 15 is 0 Å². The Balaban J connectivity index is 1.63. The number of carbonyl (C=O) groups is 2. The molecule has 0 aromatic heterocycles. The topological polar surface area (TPSA) is 104 Å². The molecule has 1 amide bonds. The second-order valence-electron chi connectivity index (χ2n) is 6.82. The van der Waals surface area contributed by atoms with E-state index in [1.807, 2.05) is 0 Å². The number of hydrogen-bond donors (Lipinski definition) is 2. The zero-order valence-corrected chi connectivity index (χ0v) is 14.7. The number of nitrogens with one attached hydrogen (secondary N) is 1. The van der Waals surface area contributed by atoms with Crippen LogP contribution in [-0.4, -0.2) is 49.3 Å². The summed E-state index contributed by atoms with van der Waals surface area (Å²) in [5.74, 6) is -1.60. The van der Waals surface area contributed by atoms with E-state index in [4.69, 9.17) is 5.11 Å². The van der Waals surface area contributed by atoms with E-state index in [-0.39, 0.29) is 23.9 Å². The monoisotopic (exact) mass is 366 g/mol. The highest BCUT2D eigenvalue weighted by atomic mass is 32.2. The van der Waals surface area contributed by atoms with E-state index in [0.29, 0.717) is 32.2 Å². The number of carboxylic acids is 1. The van der Waals surface area contributed by atoms with E-state index in [1.54, 1.807) is 30.3 Å². The number of carboxylic acid groups (broad SMARTS) is 1. The molecule has 1 unspecified atom stereocenters. The molecule has 0 bridgehead atoms. The van der Waals surface area contributed by atoms with Gasteiger partial charge in [-0.2, -0.15) is 4.31 Å². The maximum absolute atomic E-state index is 12.7. The van der Waals surface area contributed by atoms with Crippen LogP contribution in [-0.2, 0) is 19.6 Å². The van der Waals surface area contributed by atoms with Crippen molar-refractivity contribution < 1.29 is 23.1 Å². The fourth-order valence-corrected chi connectivity index (χ4v) is 4.68. The van der Waals surface area contributed by atoms with Crippen molar-refractivity contribution in [3.8, 4) is 0 Å².